The Morgan fingerprint density at radius 2 is 1.12 bits per heavy atom. The average Bonchev–Trinajstić information content (AvgIpc) is 2.66. The molecule has 0 N–H and O–H groups in total. The van der Waals surface area contributed by atoms with Crippen molar-refractivity contribution in [2.24, 2.45) is 0 Å². The molecule has 0 amide bonds. The molecule has 0 saturated carbocycles. The van der Waals surface area contributed by atoms with Crippen LogP contribution in [-0.4, -0.2) is 12.6 Å². The summed E-state index contributed by atoms with van der Waals surface area (Å²) in [5.74, 6) is -0.305. The highest BCUT2D eigenvalue weighted by Crippen LogP contribution is 2.11. The van der Waals surface area contributed by atoms with Gasteiger partial charge in [0.15, 0.2) is 0 Å². The Morgan fingerprint density at radius 1 is 0.692 bits per heavy atom. The van der Waals surface area contributed by atoms with Gasteiger partial charge in [-0.2, -0.15) is 0 Å². The molecule has 2 heteroatoms. The fourth-order valence-corrected chi connectivity index (χ4v) is 3.11. The van der Waals surface area contributed by atoms with Crippen LogP contribution in [-0.2, 0) is 9.53 Å². The highest BCUT2D eigenvalue weighted by atomic mass is 16.5. The number of ether oxygens (including phenoxy) is 1. The molecule has 0 aliphatic rings. The monoisotopic (exact) mass is 364 g/mol. The van der Waals surface area contributed by atoms with Gasteiger partial charge in [0.25, 0.3) is 0 Å². The molecule has 2 nitrogen and oxygen atoms in total. The molecule has 0 rings (SSSR count). The summed E-state index contributed by atoms with van der Waals surface area (Å²) in [6.45, 7) is 6.20. The van der Waals surface area contributed by atoms with Crippen molar-refractivity contribution in [3.05, 3.63) is 24.8 Å². The first-order chi connectivity index (χ1) is 12.8. The van der Waals surface area contributed by atoms with E-state index in [1.165, 1.54) is 102 Å². The standard InChI is InChI=1S/C24H44O2/c1-3-5-6-7-8-9-10-11-12-13-14-15-16-17-18-19-20-21-22-23-26-24(25)4-2/h4,13-14H,2-3,5-12,15-23H2,1H3/b14-13+. The van der Waals surface area contributed by atoms with E-state index in [0.717, 1.165) is 12.8 Å². The minimum Gasteiger partial charge on any atom is -0.463 e. The van der Waals surface area contributed by atoms with Gasteiger partial charge in [0.1, 0.15) is 0 Å². The lowest BCUT2D eigenvalue weighted by Gasteiger charge is -2.02. The Morgan fingerprint density at radius 3 is 1.58 bits per heavy atom. The second kappa shape index (κ2) is 22.0. The van der Waals surface area contributed by atoms with Gasteiger partial charge >= 0.3 is 5.97 Å². The van der Waals surface area contributed by atoms with Gasteiger partial charge < -0.3 is 4.74 Å². The Kier molecular flexibility index (Phi) is 21.1. The van der Waals surface area contributed by atoms with E-state index >= 15 is 0 Å². The Balaban J connectivity index is 3.10. The zero-order chi connectivity index (χ0) is 19.1. The van der Waals surface area contributed by atoms with Gasteiger partial charge in [-0.1, -0.05) is 103 Å². The number of rotatable bonds is 20. The van der Waals surface area contributed by atoms with Crippen LogP contribution in [0, 0.1) is 0 Å². The van der Waals surface area contributed by atoms with Crippen molar-refractivity contribution >= 4 is 5.97 Å². The minimum atomic E-state index is -0.305. The van der Waals surface area contributed by atoms with E-state index in [0.29, 0.717) is 6.61 Å². The van der Waals surface area contributed by atoms with Crippen LogP contribution in [0.1, 0.15) is 116 Å². The predicted molar refractivity (Wildman–Crippen MR) is 114 cm³/mol. The SMILES string of the molecule is C=CC(=O)OCCCCCCCCC/C=C/CCCCCCCCCC. The minimum absolute atomic E-state index is 0.305. The molecule has 0 aromatic carbocycles. The molecular formula is C24H44O2. The van der Waals surface area contributed by atoms with Crippen molar-refractivity contribution < 1.29 is 9.53 Å². The van der Waals surface area contributed by atoms with Gasteiger partial charge in [-0.15, -0.1) is 0 Å². The van der Waals surface area contributed by atoms with Crippen molar-refractivity contribution in [3.8, 4) is 0 Å². The molecule has 0 fully saturated rings. The maximum Gasteiger partial charge on any atom is 0.330 e. The van der Waals surface area contributed by atoms with Crippen molar-refractivity contribution in [3.63, 3.8) is 0 Å². The molecule has 0 aromatic heterocycles. The van der Waals surface area contributed by atoms with Gasteiger partial charge in [-0.25, -0.2) is 4.79 Å². The maximum atomic E-state index is 10.9. The Bertz CT molecular complexity index is 333. The lowest BCUT2D eigenvalue weighted by molar-refractivity contribution is -0.137. The molecule has 0 heterocycles. The average molecular weight is 365 g/mol. The third-order valence-electron chi connectivity index (χ3n) is 4.82. The van der Waals surface area contributed by atoms with Crippen LogP contribution in [0.5, 0.6) is 0 Å². The fourth-order valence-electron chi connectivity index (χ4n) is 3.11. The van der Waals surface area contributed by atoms with E-state index < -0.39 is 0 Å². The lowest BCUT2D eigenvalue weighted by Crippen LogP contribution is -2.01. The summed E-state index contributed by atoms with van der Waals surface area (Å²) in [7, 11) is 0. The molecular weight excluding hydrogens is 320 g/mol. The van der Waals surface area contributed by atoms with Crippen molar-refractivity contribution in [2.45, 2.75) is 116 Å². The van der Waals surface area contributed by atoms with Crippen LogP contribution in [0.4, 0.5) is 0 Å². The molecule has 0 radical (unpaired) electrons. The molecule has 0 saturated heterocycles. The van der Waals surface area contributed by atoms with Crippen molar-refractivity contribution in [2.75, 3.05) is 6.61 Å². The number of carbonyl (C=O) groups is 1. The second-order valence-corrected chi connectivity index (χ2v) is 7.37. The van der Waals surface area contributed by atoms with Gasteiger partial charge in [0.05, 0.1) is 6.61 Å². The van der Waals surface area contributed by atoms with Crippen LogP contribution in [0.3, 0.4) is 0 Å². The largest absolute Gasteiger partial charge is 0.463 e. The molecule has 26 heavy (non-hydrogen) atoms. The molecule has 0 spiro atoms. The molecule has 0 unspecified atom stereocenters. The lowest BCUT2D eigenvalue weighted by atomic mass is 10.1. The summed E-state index contributed by atoms with van der Waals surface area (Å²) in [5.41, 5.74) is 0. The van der Waals surface area contributed by atoms with Crippen LogP contribution < -0.4 is 0 Å². The van der Waals surface area contributed by atoms with Gasteiger partial charge in [-0.3, -0.25) is 0 Å². The molecule has 0 aliphatic heterocycles. The molecule has 0 bridgehead atoms. The Labute approximate surface area is 163 Å². The molecule has 152 valence electrons. The first kappa shape index (κ1) is 24.9. The van der Waals surface area contributed by atoms with Crippen LogP contribution in [0.15, 0.2) is 24.8 Å². The number of esters is 1. The third kappa shape index (κ3) is 21.0. The maximum absolute atomic E-state index is 10.9. The van der Waals surface area contributed by atoms with E-state index in [9.17, 15) is 4.79 Å². The number of carbonyl (C=O) groups excluding carboxylic acids is 1. The van der Waals surface area contributed by atoms with E-state index in [4.69, 9.17) is 4.74 Å². The first-order valence-electron chi connectivity index (χ1n) is 11.3. The number of allylic oxidation sites excluding steroid dienone is 2. The van der Waals surface area contributed by atoms with Crippen LogP contribution in [0.25, 0.3) is 0 Å². The second-order valence-electron chi connectivity index (χ2n) is 7.37. The zero-order valence-electron chi connectivity index (χ0n) is 17.5. The normalized spacial score (nSPS) is 11.1. The molecule has 0 aliphatic carbocycles. The number of hydrogen-bond donors (Lipinski definition) is 0. The van der Waals surface area contributed by atoms with Gasteiger partial charge in [0.2, 0.25) is 0 Å². The molecule has 0 atom stereocenters. The van der Waals surface area contributed by atoms with E-state index in [1.807, 2.05) is 0 Å². The summed E-state index contributed by atoms with van der Waals surface area (Å²) in [4.78, 5) is 10.9. The van der Waals surface area contributed by atoms with E-state index in [-0.39, 0.29) is 5.97 Å². The smallest absolute Gasteiger partial charge is 0.330 e. The van der Waals surface area contributed by atoms with E-state index in [1.54, 1.807) is 0 Å². The van der Waals surface area contributed by atoms with Gasteiger partial charge in [0, 0.05) is 6.08 Å². The summed E-state index contributed by atoms with van der Waals surface area (Å²) in [5, 5.41) is 0. The highest BCUT2D eigenvalue weighted by molar-refractivity contribution is 5.81. The van der Waals surface area contributed by atoms with Crippen molar-refractivity contribution in [1.29, 1.82) is 0 Å². The number of unbranched alkanes of at least 4 members (excludes halogenated alkanes) is 15. The zero-order valence-corrected chi connectivity index (χ0v) is 17.5. The van der Waals surface area contributed by atoms with Crippen LogP contribution >= 0.6 is 0 Å². The summed E-state index contributed by atoms with van der Waals surface area (Å²) in [6.07, 6.45) is 28.5. The van der Waals surface area contributed by atoms with Crippen molar-refractivity contribution in [1.82, 2.24) is 0 Å². The predicted octanol–water partition coefficient (Wildman–Crippen LogP) is 7.92. The fraction of sp³-hybridized carbons (Fsp3) is 0.792. The summed E-state index contributed by atoms with van der Waals surface area (Å²) in [6, 6.07) is 0. The summed E-state index contributed by atoms with van der Waals surface area (Å²) < 4.78 is 4.96. The highest BCUT2D eigenvalue weighted by Gasteiger charge is 1.95. The van der Waals surface area contributed by atoms with Crippen LogP contribution in [0.2, 0.25) is 0 Å². The molecule has 0 aromatic rings. The first-order valence-corrected chi connectivity index (χ1v) is 11.3. The quantitative estimate of drug-likeness (QED) is 0.0948. The number of hydrogen-bond acceptors (Lipinski definition) is 2. The van der Waals surface area contributed by atoms with E-state index in [2.05, 4.69) is 25.7 Å². The van der Waals surface area contributed by atoms with Gasteiger partial charge in [-0.05, 0) is 32.1 Å². The third-order valence-corrected chi connectivity index (χ3v) is 4.82. The summed E-state index contributed by atoms with van der Waals surface area (Å²) >= 11 is 0. The Hall–Kier alpha value is -1.05. The topological polar surface area (TPSA) is 26.3 Å².